The minimum absolute atomic E-state index is 0.0813. The van der Waals surface area contributed by atoms with E-state index in [1.807, 2.05) is 29.2 Å². The predicted molar refractivity (Wildman–Crippen MR) is 114 cm³/mol. The summed E-state index contributed by atoms with van der Waals surface area (Å²) in [6.07, 6.45) is 0.819. The summed E-state index contributed by atoms with van der Waals surface area (Å²) < 4.78 is 0. The van der Waals surface area contributed by atoms with Crippen molar-refractivity contribution in [2.45, 2.75) is 19.4 Å². The Morgan fingerprint density at radius 1 is 0.867 bits per heavy atom. The third-order valence-corrected chi connectivity index (χ3v) is 5.95. The summed E-state index contributed by atoms with van der Waals surface area (Å²) in [5, 5.41) is 0.732. The van der Waals surface area contributed by atoms with E-state index >= 15 is 0 Å². The predicted octanol–water partition coefficient (Wildman–Crippen LogP) is 3.06. The van der Waals surface area contributed by atoms with Crippen LogP contribution in [-0.2, 0) is 11.3 Å². The summed E-state index contributed by atoms with van der Waals surface area (Å²) in [5.74, 6) is -0.449. The quantitative estimate of drug-likeness (QED) is 0.667. The maximum absolute atomic E-state index is 12.6. The second-order valence-electron chi connectivity index (χ2n) is 7.69. The maximum Gasteiger partial charge on any atom is 0.261 e. The van der Waals surface area contributed by atoms with Gasteiger partial charge < -0.3 is 4.90 Å². The number of imide groups is 1. The molecule has 156 valence electrons. The molecule has 0 unspecified atom stereocenters. The van der Waals surface area contributed by atoms with Crippen LogP contribution in [0.1, 0.15) is 39.1 Å². The highest BCUT2D eigenvalue weighted by molar-refractivity contribution is 6.30. The molecule has 7 heteroatoms. The molecule has 2 aromatic carbocycles. The molecule has 1 saturated heterocycles. The Balaban J connectivity index is 1.21. The van der Waals surface area contributed by atoms with Gasteiger partial charge in [0.25, 0.3) is 11.8 Å². The number of hydrogen-bond donors (Lipinski definition) is 0. The van der Waals surface area contributed by atoms with E-state index < -0.39 is 0 Å². The molecule has 30 heavy (non-hydrogen) atoms. The van der Waals surface area contributed by atoms with Gasteiger partial charge in [0.2, 0.25) is 5.91 Å². The van der Waals surface area contributed by atoms with Crippen LogP contribution >= 0.6 is 11.6 Å². The molecule has 0 N–H and O–H groups in total. The number of amides is 3. The molecule has 0 spiro atoms. The first-order valence-corrected chi connectivity index (χ1v) is 10.6. The van der Waals surface area contributed by atoms with E-state index in [1.54, 1.807) is 24.3 Å². The van der Waals surface area contributed by atoms with Gasteiger partial charge in [-0.2, -0.15) is 0 Å². The number of carbonyl (C=O) groups excluding carboxylic acids is 3. The lowest BCUT2D eigenvalue weighted by atomic mass is 10.1. The van der Waals surface area contributed by atoms with Crippen LogP contribution in [0.15, 0.2) is 48.5 Å². The topological polar surface area (TPSA) is 60.9 Å². The van der Waals surface area contributed by atoms with E-state index in [0.717, 1.165) is 24.7 Å². The molecule has 0 bridgehead atoms. The third kappa shape index (κ3) is 4.40. The van der Waals surface area contributed by atoms with Crippen LogP contribution in [0, 0.1) is 0 Å². The number of fused-ring (bicyclic) bond motifs is 1. The molecule has 6 nitrogen and oxygen atoms in total. The van der Waals surface area contributed by atoms with Crippen LogP contribution in [0.25, 0.3) is 0 Å². The standard InChI is InChI=1S/C23H24ClN3O3/c24-18-9-7-17(8-10-18)16-25-12-14-26(15-13-25)21(28)6-3-11-27-22(29)19-4-1-2-5-20(19)23(27)30/h1-2,4-5,7-10H,3,6,11-16H2. The molecule has 0 atom stereocenters. The van der Waals surface area contributed by atoms with Gasteiger partial charge in [-0.3, -0.25) is 24.2 Å². The fourth-order valence-electron chi connectivity index (χ4n) is 3.99. The zero-order chi connectivity index (χ0) is 21.1. The van der Waals surface area contributed by atoms with Crippen molar-refractivity contribution in [1.29, 1.82) is 0 Å². The molecule has 2 aliphatic heterocycles. The Hall–Kier alpha value is -2.70. The zero-order valence-electron chi connectivity index (χ0n) is 16.7. The molecular weight excluding hydrogens is 402 g/mol. The maximum atomic E-state index is 12.6. The number of carbonyl (C=O) groups is 3. The van der Waals surface area contributed by atoms with Gasteiger partial charge in [0.15, 0.2) is 0 Å². The minimum atomic E-state index is -0.265. The van der Waals surface area contributed by atoms with Crippen molar-refractivity contribution < 1.29 is 14.4 Å². The molecule has 1 fully saturated rings. The fourth-order valence-corrected chi connectivity index (χ4v) is 4.12. The van der Waals surface area contributed by atoms with E-state index in [9.17, 15) is 14.4 Å². The van der Waals surface area contributed by atoms with E-state index in [2.05, 4.69) is 4.90 Å². The molecule has 3 amide bonds. The van der Waals surface area contributed by atoms with E-state index in [-0.39, 0.29) is 24.3 Å². The highest BCUT2D eigenvalue weighted by Crippen LogP contribution is 2.22. The SMILES string of the molecule is O=C(CCCN1C(=O)c2ccccc2C1=O)N1CCN(Cc2ccc(Cl)cc2)CC1. The number of benzene rings is 2. The molecule has 0 radical (unpaired) electrons. The van der Waals surface area contributed by atoms with Crippen molar-refractivity contribution in [2.75, 3.05) is 32.7 Å². The van der Waals surface area contributed by atoms with Crippen LogP contribution in [0.5, 0.6) is 0 Å². The van der Waals surface area contributed by atoms with Gasteiger partial charge in [-0.25, -0.2) is 0 Å². The van der Waals surface area contributed by atoms with E-state index in [4.69, 9.17) is 11.6 Å². The second-order valence-corrected chi connectivity index (χ2v) is 8.13. The smallest absolute Gasteiger partial charge is 0.261 e. The average Bonchev–Trinajstić information content (AvgIpc) is 3.01. The van der Waals surface area contributed by atoms with Crippen molar-refractivity contribution in [2.24, 2.45) is 0 Å². The lowest BCUT2D eigenvalue weighted by molar-refractivity contribution is -0.133. The summed E-state index contributed by atoms with van der Waals surface area (Å²) in [6, 6.07) is 14.7. The number of halogens is 1. The molecule has 0 saturated carbocycles. The Kier molecular flexibility index (Phi) is 6.16. The number of piperazine rings is 1. The molecule has 2 aromatic rings. The summed E-state index contributed by atoms with van der Waals surface area (Å²) in [6.45, 7) is 4.16. The van der Waals surface area contributed by atoms with Crippen LogP contribution in [0.3, 0.4) is 0 Å². The van der Waals surface area contributed by atoms with Gasteiger partial charge in [0.05, 0.1) is 11.1 Å². The number of hydrogen-bond acceptors (Lipinski definition) is 4. The van der Waals surface area contributed by atoms with Crippen LogP contribution in [0.2, 0.25) is 5.02 Å². The molecule has 2 aliphatic rings. The van der Waals surface area contributed by atoms with Gasteiger partial charge in [-0.15, -0.1) is 0 Å². The number of rotatable bonds is 6. The van der Waals surface area contributed by atoms with Crippen molar-refractivity contribution in [3.63, 3.8) is 0 Å². The zero-order valence-corrected chi connectivity index (χ0v) is 17.5. The summed E-state index contributed by atoms with van der Waals surface area (Å²) in [4.78, 5) is 42.8. The first-order chi connectivity index (χ1) is 14.5. The lowest BCUT2D eigenvalue weighted by Gasteiger charge is -2.35. The summed E-state index contributed by atoms with van der Waals surface area (Å²) in [5.41, 5.74) is 2.11. The molecule has 4 rings (SSSR count). The van der Waals surface area contributed by atoms with Crippen molar-refractivity contribution in [1.82, 2.24) is 14.7 Å². The number of nitrogens with zero attached hydrogens (tertiary/aromatic N) is 3. The first kappa shape index (κ1) is 20.6. The Bertz CT molecular complexity index is 917. The lowest BCUT2D eigenvalue weighted by Crippen LogP contribution is -2.48. The molecule has 0 aromatic heterocycles. The highest BCUT2D eigenvalue weighted by atomic mass is 35.5. The Morgan fingerprint density at radius 3 is 2.07 bits per heavy atom. The summed E-state index contributed by atoms with van der Waals surface area (Å²) >= 11 is 5.93. The third-order valence-electron chi connectivity index (χ3n) is 5.69. The van der Waals surface area contributed by atoms with Gasteiger partial charge in [0, 0.05) is 50.7 Å². The highest BCUT2D eigenvalue weighted by Gasteiger charge is 2.34. The van der Waals surface area contributed by atoms with Crippen molar-refractivity contribution in [3.8, 4) is 0 Å². The van der Waals surface area contributed by atoms with Gasteiger partial charge in [0.1, 0.15) is 0 Å². The average molecular weight is 426 g/mol. The normalized spacial score (nSPS) is 16.8. The minimum Gasteiger partial charge on any atom is -0.340 e. The van der Waals surface area contributed by atoms with Crippen LogP contribution in [-0.4, -0.2) is 65.1 Å². The van der Waals surface area contributed by atoms with Crippen LogP contribution < -0.4 is 0 Å². The van der Waals surface area contributed by atoms with E-state index in [0.29, 0.717) is 37.1 Å². The van der Waals surface area contributed by atoms with Crippen molar-refractivity contribution in [3.05, 3.63) is 70.2 Å². The fraction of sp³-hybridized carbons (Fsp3) is 0.348. The van der Waals surface area contributed by atoms with Gasteiger partial charge >= 0.3 is 0 Å². The molecular formula is C23H24ClN3O3. The Labute approximate surface area is 181 Å². The van der Waals surface area contributed by atoms with E-state index in [1.165, 1.54) is 10.5 Å². The largest absolute Gasteiger partial charge is 0.340 e. The van der Waals surface area contributed by atoms with Gasteiger partial charge in [-0.05, 0) is 36.2 Å². The first-order valence-electron chi connectivity index (χ1n) is 10.2. The van der Waals surface area contributed by atoms with Crippen LogP contribution in [0.4, 0.5) is 0 Å². The second kappa shape index (κ2) is 8.98. The monoisotopic (exact) mass is 425 g/mol. The van der Waals surface area contributed by atoms with Crippen molar-refractivity contribution >= 4 is 29.3 Å². The Morgan fingerprint density at radius 2 is 1.47 bits per heavy atom. The molecule has 2 heterocycles. The molecule has 0 aliphatic carbocycles. The van der Waals surface area contributed by atoms with Gasteiger partial charge in [-0.1, -0.05) is 35.9 Å². The summed E-state index contributed by atoms with van der Waals surface area (Å²) in [7, 11) is 0.